The minimum absolute atomic E-state index is 0.0336. The molecule has 0 spiro atoms. The van der Waals surface area contributed by atoms with Crippen molar-refractivity contribution in [3.63, 3.8) is 0 Å². The van der Waals surface area contributed by atoms with Gasteiger partial charge in [-0.05, 0) is 24.6 Å². The van der Waals surface area contributed by atoms with Crippen LogP contribution >= 0.6 is 0 Å². The van der Waals surface area contributed by atoms with Gasteiger partial charge in [0.2, 0.25) is 0 Å². The van der Waals surface area contributed by atoms with E-state index < -0.39 is 0 Å². The van der Waals surface area contributed by atoms with Crippen LogP contribution in [0.5, 0.6) is 11.5 Å². The number of unbranched alkanes of at least 4 members (excludes halogenated alkanes) is 2. The monoisotopic (exact) mass is 249 g/mol. The predicted octanol–water partition coefficient (Wildman–Crippen LogP) is 2.68. The first-order valence-electron chi connectivity index (χ1n) is 6.36. The molecule has 0 fully saturated rings. The Morgan fingerprint density at radius 3 is 2.94 bits per heavy atom. The summed E-state index contributed by atoms with van der Waals surface area (Å²) >= 11 is 0. The van der Waals surface area contributed by atoms with Gasteiger partial charge in [0.25, 0.3) is 5.91 Å². The molecule has 4 nitrogen and oxygen atoms in total. The summed E-state index contributed by atoms with van der Waals surface area (Å²) in [7, 11) is 1.59. The summed E-state index contributed by atoms with van der Waals surface area (Å²) in [5, 5.41) is 0. The first kappa shape index (κ1) is 12.7. The molecule has 4 heteroatoms. The van der Waals surface area contributed by atoms with E-state index in [1.54, 1.807) is 30.2 Å². The van der Waals surface area contributed by atoms with E-state index >= 15 is 0 Å². The summed E-state index contributed by atoms with van der Waals surface area (Å²) in [6, 6.07) is 5.33. The standard InChI is InChI=1S/C14H19NO3/c1-3-4-5-8-15-10-18-13-7-6-11(17-2)9-12(13)14(15)16/h6-7,9H,3-5,8,10H2,1-2H3. The summed E-state index contributed by atoms with van der Waals surface area (Å²) in [5.41, 5.74) is 0.595. The highest BCUT2D eigenvalue weighted by Crippen LogP contribution is 2.28. The van der Waals surface area contributed by atoms with Gasteiger partial charge >= 0.3 is 0 Å². The van der Waals surface area contributed by atoms with E-state index in [1.165, 1.54) is 0 Å². The predicted molar refractivity (Wildman–Crippen MR) is 69.1 cm³/mol. The smallest absolute Gasteiger partial charge is 0.260 e. The number of ether oxygens (including phenoxy) is 2. The topological polar surface area (TPSA) is 38.8 Å². The van der Waals surface area contributed by atoms with Crippen LogP contribution in [0.15, 0.2) is 18.2 Å². The lowest BCUT2D eigenvalue weighted by Gasteiger charge is -2.28. The number of methoxy groups -OCH3 is 1. The van der Waals surface area contributed by atoms with E-state index in [1.807, 2.05) is 0 Å². The highest BCUT2D eigenvalue weighted by molar-refractivity contribution is 5.98. The fourth-order valence-electron chi connectivity index (χ4n) is 2.02. The van der Waals surface area contributed by atoms with Crippen LogP contribution in [0.1, 0.15) is 36.5 Å². The van der Waals surface area contributed by atoms with Gasteiger partial charge in [-0.2, -0.15) is 0 Å². The molecule has 1 amide bonds. The van der Waals surface area contributed by atoms with Gasteiger partial charge in [-0.15, -0.1) is 0 Å². The van der Waals surface area contributed by atoms with E-state index in [2.05, 4.69) is 6.92 Å². The second kappa shape index (κ2) is 5.76. The van der Waals surface area contributed by atoms with Gasteiger partial charge in [-0.1, -0.05) is 19.8 Å². The molecule has 0 aromatic heterocycles. The van der Waals surface area contributed by atoms with Gasteiger partial charge in [-0.3, -0.25) is 4.79 Å². The molecule has 18 heavy (non-hydrogen) atoms. The van der Waals surface area contributed by atoms with Crippen molar-refractivity contribution in [1.82, 2.24) is 4.90 Å². The Hall–Kier alpha value is -1.71. The van der Waals surface area contributed by atoms with Crippen molar-refractivity contribution in [1.29, 1.82) is 0 Å². The van der Waals surface area contributed by atoms with Gasteiger partial charge in [0.15, 0.2) is 6.73 Å². The van der Waals surface area contributed by atoms with Crippen molar-refractivity contribution in [3.05, 3.63) is 23.8 Å². The van der Waals surface area contributed by atoms with Crippen molar-refractivity contribution < 1.29 is 14.3 Å². The third-order valence-electron chi connectivity index (χ3n) is 3.11. The van der Waals surface area contributed by atoms with Gasteiger partial charge < -0.3 is 14.4 Å². The molecule has 0 bridgehead atoms. The Balaban J connectivity index is 2.11. The van der Waals surface area contributed by atoms with Crippen molar-refractivity contribution in [2.24, 2.45) is 0 Å². The number of carbonyl (C=O) groups excluding carboxylic acids is 1. The molecule has 1 aliphatic rings. The molecule has 0 saturated carbocycles. The van der Waals surface area contributed by atoms with Crippen LogP contribution in [0.3, 0.4) is 0 Å². The van der Waals surface area contributed by atoms with E-state index in [0.717, 1.165) is 25.8 Å². The van der Waals surface area contributed by atoms with E-state index in [9.17, 15) is 4.79 Å². The van der Waals surface area contributed by atoms with Crippen molar-refractivity contribution in [2.75, 3.05) is 20.4 Å². The molecule has 1 aromatic carbocycles. The maximum Gasteiger partial charge on any atom is 0.260 e. The third kappa shape index (κ3) is 2.58. The zero-order valence-corrected chi connectivity index (χ0v) is 10.9. The lowest BCUT2D eigenvalue weighted by Crippen LogP contribution is -2.39. The number of amides is 1. The summed E-state index contributed by atoms with van der Waals surface area (Å²) < 4.78 is 10.7. The summed E-state index contributed by atoms with van der Waals surface area (Å²) in [5.74, 6) is 1.36. The Morgan fingerprint density at radius 2 is 2.22 bits per heavy atom. The van der Waals surface area contributed by atoms with Gasteiger partial charge in [0, 0.05) is 6.54 Å². The maximum atomic E-state index is 12.3. The lowest BCUT2D eigenvalue weighted by molar-refractivity contribution is 0.0516. The average molecular weight is 249 g/mol. The minimum Gasteiger partial charge on any atom is -0.497 e. The van der Waals surface area contributed by atoms with Crippen LogP contribution in [-0.2, 0) is 0 Å². The molecule has 0 atom stereocenters. The van der Waals surface area contributed by atoms with Crippen molar-refractivity contribution in [3.8, 4) is 11.5 Å². The number of rotatable bonds is 5. The molecular formula is C14H19NO3. The molecule has 0 unspecified atom stereocenters. The normalized spacial score (nSPS) is 14.1. The summed E-state index contributed by atoms with van der Waals surface area (Å²) in [6.07, 6.45) is 3.30. The van der Waals surface area contributed by atoms with Gasteiger partial charge in [0.05, 0.1) is 12.7 Å². The van der Waals surface area contributed by atoms with Crippen LogP contribution in [0.2, 0.25) is 0 Å². The second-order valence-corrected chi connectivity index (χ2v) is 4.41. The molecule has 2 rings (SSSR count). The molecule has 1 heterocycles. The SMILES string of the molecule is CCCCCN1COc2ccc(OC)cc2C1=O. The quantitative estimate of drug-likeness (QED) is 0.753. The Labute approximate surface area is 107 Å². The maximum absolute atomic E-state index is 12.3. The molecular weight excluding hydrogens is 230 g/mol. The van der Waals surface area contributed by atoms with Gasteiger partial charge in [0.1, 0.15) is 11.5 Å². The Bertz CT molecular complexity index is 431. The third-order valence-corrected chi connectivity index (χ3v) is 3.11. The zero-order valence-electron chi connectivity index (χ0n) is 10.9. The fraction of sp³-hybridized carbons (Fsp3) is 0.500. The average Bonchev–Trinajstić information content (AvgIpc) is 2.41. The molecule has 0 radical (unpaired) electrons. The first-order chi connectivity index (χ1) is 8.76. The largest absolute Gasteiger partial charge is 0.497 e. The number of fused-ring (bicyclic) bond motifs is 1. The molecule has 1 aromatic rings. The molecule has 1 aliphatic heterocycles. The van der Waals surface area contributed by atoms with Crippen LogP contribution in [0, 0.1) is 0 Å². The van der Waals surface area contributed by atoms with Crippen LogP contribution in [-0.4, -0.2) is 31.2 Å². The number of hydrogen-bond donors (Lipinski definition) is 0. The number of carbonyl (C=O) groups is 1. The molecule has 98 valence electrons. The summed E-state index contributed by atoms with van der Waals surface area (Å²) in [6.45, 7) is 3.25. The Kier molecular flexibility index (Phi) is 4.07. The molecule has 0 saturated heterocycles. The van der Waals surface area contributed by atoms with Crippen LogP contribution < -0.4 is 9.47 Å². The number of nitrogens with zero attached hydrogens (tertiary/aromatic N) is 1. The van der Waals surface area contributed by atoms with E-state index in [-0.39, 0.29) is 5.91 Å². The van der Waals surface area contributed by atoms with E-state index in [4.69, 9.17) is 9.47 Å². The van der Waals surface area contributed by atoms with Crippen molar-refractivity contribution >= 4 is 5.91 Å². The minimum atomic E-state index is 0.0336. The number of hydrogen-bond acceptors (Lipinski definition) is 3. The van der Waals surface area contributed by atoms with Crippen molar-refractivity contribution in [2.45, 2.75) is 26.2 Å². The highest BCUT2D eigenvalue weighted by Gasteiger charge is 2.25. The fourth-order valence-corrected chi connectivity index (χ4v) is 2.02. The summed E-state index contributed by atoms with van der Waals surface area (Å²) in [4.78, 5) is 14.0. The number of benzene rings is 1. The van der Waals surface area contributed by atoms with E-state index in [0.29, 0.717) is 23.8 Å². The van der Waals surface area contributed by atoms with Crippen LogP contribution in [0.25, 0.3) is 0 Å². The van der Waals surface area contributed by atoms with Gasteiger partial charge in [-0.25, -0.2) is 0 Å². The first-order valence-corrected chi connectivity index (χ1v) is 6.36. The van der Waals surface area contributed by atoms with Crippen LogP contribution in [0.4, 0.5) is 0 Å². The molecule has 0 N–H and O–H groups in total. The zero-order chi connectivity index (χ0) is 13.0. The lowest BCUT2D eigenvalue weighted by atomic mass is 10.1. The Morgan fingerprint density at radius 1 is 1.39 bits per heavy atom. The second-order valence-electron chi connectivity index (χ2n) is 4.41. The highest BCUT2D eigenvalue weighted by atomic mass is 16.5. The molecule has 0 aliphatic carbocycles.